The number of benzene rings is 2. The van der Waals surface area contributed by atoms with E-state index in [1.165, 1.54) is 0 Å². The van der Waals surface area contributed by atoms with Crippen LogP contribution in [0.4, 0.5) is 0 Å². The molecule has 0 unspecified atom stereocenters. The summed E-state index contributed by atoms with van der Waals surface area (Å²) in [5, 5.41) is 0. The van der Waals surface area contributed by atoms with Crippen LogP contribution in [0.2, 0.25) is 0 Å². The predicted molar refractivity (Wildman–Crippen MR) is 76.5 cm³/mol. The smallest absolute Gasteiger partial charge is 0.253 e. The first-order valence-electron chi connectivity index (χ1n) is 6.32. The van der Waals surface area contributed by atoms with Crippen LogP contribution >= 0.6 is 0 Å². The Kier molecular flexibility index (Phi) is 4.81. The maximum atomic E-state index is 5.87. The first-order valence-corrected chi connectivity index (χ1v) is 6.32. The normalized spacial score (nSPS) is 10.7. The molecule has 0 spiro atoms. The summed E-state index contributed by atoms with van der Waals surface area (Å²) in [5.74, 6) is 1.62. The Morgan fingerprint density at radius 2 is 1.21 bits per heavy atom. The van der Waals surface area contributed by atoms with Gasteiger partial charge in [0.15, 0.2) is 0 Å². The quantitative estimate of drug-likeness (QED) is 0.742. The molecule has 19 heavy (non-hydrogen) atoms. The number of nitrogens with zero attached hydrogens (tertiary/aromatic N) is 1. The Morgan fingerprint density at radius 1 is 0.789 bits per heavy atom. The van der Waals surface area contributed by atoms with Gasteiger partial charge < -0.3 is 14.4 Å². The van der Waals surface area contributed by atoms with E-state index in [2.05, 4.69) is 0 Å². The van der Waals surface area contributed by atoms with Gasteiger partial charge in [-0.15, -0.1) is 0 Å². The minimum Gasteiger partial charge on any atom is -0.454 e. The standard InChI is InChI=1S/C16H19NO2/c1-17(2)13-16(18-14-9-5-3-6-10-14)19-15-11-7-4-8-12-15/h3-12,16H,13H2,1-2H3. The molecule has 0 aliphatic heterocycles. The van der Waals surface area contributed by atoms with Gasteiger partial charge >= 0.3 is 0 Å². The van der Waals surface area contributed by atoms with E-state index < -0.39 is 0 Å². The van der Waals surface area contributed by atoms with E-state index in [-0.39, 0.29) is 6.29 Å². The summed E-state index contributed by atoms with van der Waals surface area (Å²) in [6.07, 6.45) is -0.334. The Labute approximate surface area is 114 Å². The molecule has 0 radical (unpaired) electrons. The zero-order valence-corrected chi connectivity index (χ0v) is 11.3. The summed E-state index contributed by atoms with van der Waals surface area (Å²) in [6, 6.07) is 19.4. The van der Waals surface area contributed by atoms with E-state index in [9.17, 15) is 0 Å². The fourth-order valence-corrected chi connectivity index (χ4v) is 1.70. The monoisotopic (exact) mass is 257 g/mol. The van der Waals surface area contributed by atoms with Crippen LogP contribution < -0.4 is 9.47 Å². The lowest BCUT2D eigenvalue weighted by Crippen LogP contribution is -2.35. The van der Waals surface area contributed by atoms with Crippen LogP contribution in [0, 0.1) is 0 Å². The minimum atomic E-state index is -0.334. The van der Waals surface area contributed by atoms with Crippen molar-refractivity contribution >= 4 is 0 Å². The number of hydrogen-bond acceptors (Lipinski definition) is 3. The minimum absolute atomic E-state index is 0.334. The topological polar surface area (TPSA) is 21.7 Å². The number of ether oxygens (including phenoxy) is 2. The van der Waals surface area contributed by atoms with E-state index in [0.29, 0.717) is 6.54 Å². The SMILES string of the molecule is CN(C)CC(Oc1ccccc1)Oc1ccccc1. The predicted octanol–water partition coefficient (Wildman–Crippen LogP) is 3.03. The Morgan fingerprint density at radius 3 is 1.58 bits per heavy atom. The zero-order chi connectivity index (χ0) is 13.5. The number of likely N-dealkylation sites (N-methyl/N-ethyl adjacent to an activating group) is 1. The van der Waals surface area contributed by atoms with Gasteiger partial charge in [-0.25, -0.2) is 0 Å². The van der Waals surface area contributed by atoms with Crippen LogP contribution in [-0.4, -0.2) is 31.8 Å². The molecule has 3 nitrogen and oxygen atoms in total. The second-order valence-corrected chi connectivity index (χ2v) is 4.55. The van der Waals surface area contributed by atoms with Crippen molar-refractivity contribution in [1.29, 1.82) is 0 Å². The van der Waals surface area contributed by atoms with E-state index in [1.807, 2.05) is 79.7 Å². The first kappa shape index (κ1) is 13.4. The molecule has 2 rings (SSSR count). The van der Waals surface area contributed by atoms with Crippen molar-refractivity contribution in [2.75, 3.05) is 20.6 Å². The molecule has 0 amide bonds. The molecule has 3 heteroatoms. The van der Waals surface area contributed by atoms with Gasteiger partial charge in [0.2, 0.25) is 0 Å². The molecule has 0 aliphatic carbocycles. The molecule has 0 fully saturated rings. The molecule has 0 N–H and O–H groups in total. The fourth-order valence-electron chi connectivity index (χ4n) is 1.70. The van der Waals surface area contributed by atoms with Gasteiger partial charge in [0, 0.05) is 0 Å². The second kappa shape index (κ2) is 6.81. The van der Waals surface area contributed by atoms with Crippen LogP contribution in [0.5, 0.6) is 11.5 Å². The molecule has 0 bridgehead atoms. The molecule has 100 valence electrons. The van der Waals surface area contributed by atoms with Crippen LogP contribution in [0.15, 0.2) is 60.7 Å². The highest BCUT2D eigenvalue weighted by atomic mass is 16.7. The van der Waals surface area contributed by atoms with E-state index >= 15 is 0 Å². The third-order valence-electron chi connectivity index (χ3n) is 2.54. The summed E-state index contributed by atoms with van der Waals surface area (Å²) in [4.78, 5) is 2.04. The molecule has 0 aliphatic rings. The number of para-hydroxylation sites is 2. The molecular formula is C16H19NO2. The second-order valence-electron chi connectivity index (χ2n) is 4.55. The molecule has 0 aromatic heterocycles. The zero-order valence-electron chi connectivity index (χ0n) is 11.3. The maximum absolute atomic E-state index is 5.87. The van der Waals surface area contributed by atoms with E-state index in [0.717, 1.165) is 11.5 Å². The fraction of sp³-hybridized carbons (Fsp3) is 0.250. The molecule has 0 saturated carbocycles. The summed E-state index contributed by atoms with van der Waals surface area (Å²) >= 11 is 0. The van der Waals surface area contributed by atoms with Crippen LogP contribution in [-0.2, 0) is 0 Å². The lowest BCUT2D eigenvalue weighted by molar-refractivity contribution is -0.0116. The number of hydrogen-bond donors (Lipinski definition) is 0. The van der Waals surface area contributed by atoms with Gasteiger partial charge in [-0.05, 0) is 38.4 Å². The van der Waals surface area contributed by atoms with E-state index in [1.54, 1.807) is 0 Å². The molecule has 2 aromatic rings. The Hall–Kier alpha value is -2.00. The Bertz CT molecular complexity index is 429. The van der Waals surface area contributed by atoms with Gasteiger partial charge in [0.05, 0.1) is 6.54 Å². The van der Waals surface area contributed by atoms with Crippen molar-refractivity contribution in [1.82, 2.24) is 4.90 Å². The van der Waals surface area contributed by atoms with Crippen molar-refractivity contribution < 1.29 is 9.47 Å². The number of rotatable bonds is 6. The summed E-state index contributed by atoms with van der Waals surface area (Å²) < 4.78 is 11.7. The van der Waals surface area contributed by atoms with Crippen molar-refractivity contribution in [3.63, 3.8) is 0 Å². The summed E-state index contributed by atoms with van der Waals surface area (Å²) in [7, 11) is 3.99. The molecule has 0 atom stereocenters. The molecular weight excluding hydrogens is 238 g/mol. The van der Waals surface area contributed by atoms with Gasteiger partial charge in [-0.2, -0.15) is 0 Å². The van der Waals surface area contributed by atoms with Gasteiger partial charge in [-0.1, -0.05) is 36.4 Å². The average Bonchev–Trinajstić information content (AvgIpc) is 2.40. The van der Waals surface area contributed by atoms with E-state index in [4.69, 9.17) is 9.47 Å². The molecule has 0 heterocycles. The van der Waals surface area contributed by atoms with Crippen molar-refractivity contribution in [3.8, 4) is 11.5 Å². The third-order valence-corrected chi connectivity index (χ3v) is 2.54. The largest absolute Gasteiger partial charge is 0.454 e. The van der Waals surface area contributed by atoms with Gasteiger partial charge in [0.25, 0.3) is 6.29 Å². The van der Waals surface area contributed by atoms with Crippen molar-refractivity contribution in [2.45, 2.75) is 6.29 Å². The lowest BCUT2D eigenvalue weighted by atomic mass is 10.3. The van der Waals surface area contributed by atoms with Gasteiger partial charge in [0.1, 0.15) is 11.5 Å². The summed E-state index contributed by atoms with van der Waals surface area (Å²) in [6.45, 7) is 0.684. The Balaban J connectivity index is 2.03. The summed E-state index contributed by atoms with van der Waals surface area (Å²) in [5.41, 5.74) is 0. The third kappa shape index (κ3) is 4.64. The maximum Gasteiger partial charge on any atom is 0.253 e. The average molecular weight is 257 g/mol. The highest BCUT2D eigenvalue weighted by molar-refractivity contribution is 5.23. The van der Waals surface area contributed by atoms with Crippen LogP contribution in [0.3, 0.4) is 0 Å². The van der Waals surface area contributed by atoms with Gasteiger partial charge in [-0.3, -0.25) is 0 Å². The van der Waals surface area contributed by atoms with Crippen LogP contribution in [0.1, 0.15) is 0 Å². The van der Waals surface area contributed by atoms with Crippen LogP contribution in [0.25, 0.3) is 0 Å². The molecule has 0 saturated heterocycles. The molecule has 2 aromatic carbocycles. The lowest BCUT2D eigenvalue weighted by Gasteiger charge is -2.23. The first-order chi connectivity index (χ1) is 9.24. The highest BCUT2D eigenvalue weighted by Crippen LogP contribution is 2.16. The van der Waals surface area contributed by atoms with Crippen molar-refractivity contribution in [3.05, 3.63) is 60.7 Å². The highest BCUT2D eigenvalue weighted by Gasteiger charge is 2.13. The van der Waals surface area contributed by atoms with Crippen molar-refractivity contribution in [2.24, 2.45) is 0 Å².